The van der Waals surface area contributed by atoms with Gasteiger partial charge in [0, 0.05) is 31.9 Å². The summed E-state index contributed by atoms with van der Waals surface area (Å²) in [5.74, 6) is 1.04. The van der Waals surface area contributed by atoms with Crippen molar-refractivity contribution in [1.29, 1.82) is 0 Å². The monoisotopic (exact) mass is 479 g/mol. The van der Waals surface area contributed by atoms with Crippen molar-refractivity contribution in [3.05, 3.63) is 59.3 Å². The highest BCUT2D eigenvalue weighted by Crippen LogP contribution is 2.47. The van der Waals surface area contributed by atoms with Crippen molar-refractivity contribution in [2.75, 3.05) is 37.7 Å². The third-order valence-electron chi connectivity index (χ3n) is 8.54. The van der Waals surface area contributed by atoms with Crippen molar-refractivity contribution in [2.45, 2.75) is 89.1 Å². The van der Waals surface area contributed by atoms with E-state index in [0.29, 0.717) is 12.6 Å². The zero-order valence-electron chi connectivity index (χ0n) is 22.2. The van der Waals surface area contributed by atoms with E-state index in [1.807, 2.05) is 12.3 Å². The Morgan fingerprint density at radius 3 is 2.40 bits per heavy atom. The predicted molar refractivity (Wildman–Crippen MR) is 144 cm³/mol. The molecule has 2 atom stereocenters. The quantitative estimate of drug-likeness (QED) is 0.484. The second-order valence-corrected chi connectivity index (χ2v) is 11.8. The molecule has 5 heteroatoms. The standard InChI is InChI=1S/C30H45N3O2/c1-29(2)13-14-30(3,4)26-21-23(10-11-25(26)29)27-22-24(32(18-20-35)16-7-8-19-34)12-17-33(27)28-9-5-6-15-31-28/h5-6,9-11,15,21,24,27,34-35H,7-8,12-14,16-20,22H2,1-4H3. The molecule has 35 heavy (non-hydrogen) atoms. The number of nitrogens with zero attached hydrogens (tertiary/aromatic N) is 3. The lowest BCUT2D eigenvalue weighted by Gasteiger charge is -2.46. The van der Waals surface area contributed by atoms with Crippen molar-refractivity contribution in [3.8, 4) is 0 Å². The maximum absolute atomic E-state index is 9.76. The number of aliphatic hydroxyl groups excluding tert-OH is 2. The molecule has 1 saturated heterocycles. The Bertz CT molecular complexity index is 959. The van der Waals surface area contributed by atoms with E-state index in [1.165, 1.54) is 29.5 Å². The fourth-order valence-corrected chi connectivity index (χ4v) is 6.24. The molecule has 1 aromatic heterocycles. The summed E-state index contributed by atoms with van der Waals surface area (Å²) in [5, 5.41) is 19.0. The summed E-state index contributed by atoms with van der Waals surface area (Å²) < 4.78 is 0. The highest BCUT2D eigenvalue weighted by atomic mass is 16.3. The largest absolute Gasteiger partial charge is 0.396 e. The second kappa shape index (κ2) is 11.0. The van der Waals surface area contributed by atoms with Crippen LogP contribution in [0, 0.1) is 0 Å². The van der Waals surface area contributed by atoms with Crippen LogP contribution in [0.15, 0.2) is 42.6 Å². The molecule has 0 spiro atoms. The maximum Gasteiger partial charge on any atom is 0.128 e. The van der Waals surface area contributed by atoms with Crippen LogP contribution in [0.25, 0.3) is 0 Å². The van der Waals surface area contributed by atoms with Gasteiger partial charge in [0.15, 0.2) is 0 Å². The zero-order valence-corrected chi connectivity index (χ0v) is 22.2. The SMILES string of the molecule is CC1(C)CCC(C)(C)c2cc(C3CC(N(CCO)CCCCO)CCN3c3ccccn3)ccc21. The Morgan fingerprint density at radius 2 is 1.71 bits per heavy atom. The number of rotatable bonds is 9. The molecule has 0 radical (unpaired) electrons. The number of aromatic nitrogens is 1. The number of unbranched alkanes of at least 4 members (excludes halogenated alkanes) is 1. The molecule has 5 nitrogen and oxygen atoms in total. The van der Waals surface area contributed by atoms with Gasteiger partial charge in [-0.25, -0.2) is 4.98 Å². The summed E-state index contributed by atoms with van der Waals surface area (Å²) in [6, 6.07) is 14.1. The maximum atomic E-state index is 9.76. The van der Waals surface area contributed by atoms with E-state index in [0.717, 1.165) is 44.6 Å². The number of fused-ring (bicyclic) bond motifs is 1. The molecule has 1 fully saturated rings. The lowest BCUT2D eigenvalue weighted by molar-refractivity contribution is 0.118. The summed E-state index contributed by atoms with van der Waals surface area (Å²) >= 11 is 0. The Kier molecular flexibility index (Phi) is 8.19. The van der Waals surface area contributed by atoms with Gasteiger partial charge >= 0.3 is 0 Å². The molecular formula is C30H45N3O2. The summed E-state index contributed by atoms with van der Waals surface area (Å²) in [6.07, 6.45) is 8.17. The van der Waals surface area contributed by atoms with Gasteiger partial charge in [0.1, 0.15) is 5.82 Å². The molecule has 192 valence electrons. The minimum Gasteiger partial charge on any atom is -0.396 e. The Morgan fingerprint density at radius 1 is 0.943 bits per heavy atom. The Balaban J connectivity index is 1.69. The van der Waals surface area contributed by atoms with Crippen LogP contribution < -0.4 is 4.90 Å². The molecule has 2 heterocycles. The lowest BCUT2D eigenvalue weighted by atomic mass is 9.62. The molecular weight excluding hydrogens is 434 g/mol. The number of hydrogen-bond donors (Lipinski definition) is 2. The van der Waals surface area contributed by atoms with Gasteiger partial charge < -0.3 is 15.1 Å². The van der Waals surface area contributed by atoms with Crippen LogP contribution in [0.5, 0.6) is 0 Å². The average molecular weight is 480 g/mol. The first-order chi connectivity index (χ1) is 16.8. The van der Waals surface area contributed by atoms with E-state index < -0.39 is 0 Å². The molecule has 2 aromatic rings. The van der Waals surface area contributed by atoms with Crippen LogP contribution in [0.3, 0.4) is 0 Å². The predicted octanol–water partition coefficient (Wildman–Crippen LogP) is 5.21. The van der Waals surface area contributed by atoms with E-state index in [4.69, 9.17) is 4.98 Å². The number of pyridine rings is 1. The van der Waals surface area contributed by atoms with Crippen LogP contribution in [0.2, 0.25) is 0 Å². The topological polar surface area (TPSA) is 59.8 Å². The summed E-state index contributed by atoms with van der Waals surface area (Å²) in [6.45, 7) is 12.5. The average Bonchev–Trinajstić information content (AvgIpc) is 2.86. The van der Waals surface area contributed by atoms with E-state index in [-0.39, 0.29) is 30.1 Å². The molecule has 2 N–H and O–H groups in total. The van der Waals surface area contributed by atoms with Crippen LogP contribution in [-0.2, 0) is 10.8 Å². The van der Waals surface area contributed by atoms with Crippen LogP contribution in [0.4, 0.5) is 5.82 Å². The normalized spacial score (nSPS) is 23.3. The summed E-state index contributed by atoms with van der Waals surface area (Å²) in [4.78, 5) is 9.67. The first-order valence-electron chi connectivity index (χ1n) is 13.6. The van der Waals surface area contributed by atoms with Crippen molar-refractivity contribution < 1.29 is 10.2 Å². The molecule has 0 saturated carbocycles. The van der Waals surface area contributed by atoms with Crippen molar-refractivity contribution in [2.24, 2.45) is 0 Å². The number of piperidine rings is 1. The van der Waals surface area contributed by atoms with Crippen LogP contribution in [0.1, 0.15) is 89.0 Å². The van der Waals surface area contributed by atoms with Gasteiger partial charge in [-0.15, -0.1) is 0 Å². The van der Waals surface area contributed by atoms with Gasteiger partial charge in [0.05, 0.1) is 12.6 Å². The molecule has 4 rings (SSSR count). The minimum absolute atomic E-state index is 0.173. The molecule has 0 amide bonds. The number of aliphatic hydroxyl groups is 2. The third kappa shape index (κ3) is 5.73. The van der Waals surface area contributed by atoms with E-state index >= 15 is 0 Å². The number of hydrogen-bond acceptors (Lipinski definition) is 5. The van der Waals surface area contributed by atoms with E-state index in [1.54, 1.807) is 0 Å². The van der Waals surface area contributed by atoms with Crippen molar-refractivity contribution in [3.63, 3.8) is 0 Å². The fraction of sp³-hybridized carbons (Fsp3) is 0.633. The zero-order chi connectivity index (χ0) is 25.1. The molecule has 1 aliphatic heterocycles. The first-order valence-corrected chi connectivity index (χ1v) is 13.6. The molecule has 0 bridgehead atoms. The molecule has 1 aromatic carbocycles. The van der Waals surface area contributed by atoms with Crippen molar-refractivity contribution in [1.82, 2.24) is 9.88 Å². The molecule has 2 unspecified atom stereocenters. The number of anilines is 1. The Hall–Kier alpha value is -1.95. The van der Waals surface area contributed by atoms with Crippen LogP contribution >= 0.6 is 0 Å². The highest BCUT2D eigenvalue weighted by molar-refractivity contribution is 5.48. The first kappa shape index (κ1) is 26.1. The molecule has 1 aliphatic carbocycles. The van der Waals surface area contributed by atoms with Gasteiger partial charge in [-0.1, -0.05) is 52.0 Å². The van der Waals surface area contributed by atoms with Gasteiger partial charge in [-0.3, -0.25) is 4.90 Å². The highest BCUT2D eigenvalue weighted by Gasteiger charge is 2.39. The summed E-state index contributed by atoms with van der Waals surface area (Å²) in [5.41, 5.74) is 4.77. The molecule has 2 aliphatic rings. The van der Waals surface area contributed by atoms with Gasteiger partial charge in [0.2, 0.25) is 0 Å². The van der Waals surface area contributed by atoms with E-state index in [2.05, 4.69) is 67.8 Å². The van der Waals surface area contributed by atoms with Crippen LogP contribution in [-0.4, -0.2) is 59.0 Å². The van der Waals surface area contributed by atoms with E-state index in [9.17, 15) is 10.2 Å². The van der Waals surface area contributed by atoms with Gasteiger partial charge in [0.25, 0.3) is 0 Å². The lowest BCUT2D eigenvalue weighted by Crippen LogP contribution is -2.48. The minimum atomic E-state index is 0.173. The van der Waals surface area contributed by atoms with Gasteiger partial charge in [-0.2, -0.15) is 0 Å². The Labute approximate surface area is 212 Å². The smallest absolute Gasteiger partial charge is 0.128 e. The van der Waals surface area contributed by atoms with Gasteiger partial charge in [-0.05, 0) is 84.7 Å². The number of benzene rings is 1. The third-order valence-corrected chi connectivity index (χ3v) is 8.54. The van der Waals surface area contributed by atoms with Crippen molar-refractivity contribution >= 4 is 5.82 Å². The second-order valence-electron chi connectivity index (χ2n) is 11.8. The summed E-state index contributed by atoms with van der Waals surface area (Å²) in [7, 11) is 0. The fourth-order valence-electron chi connectivity index (χ4n) is 6.24.